The SMILES string of the molecule is CCNC(=O)c1sc(N(C)CC)cc1N. The van der Waals surface area contributed by atoms with Crippen molar-refractivity contribution in [2.24, 2.45) is 0 Å². The number of hydrogen-bond donors (Lipinski definition) is 2. The molecule has 0 bridgehead atoms. The van der Waals surface area contributed by atoms with E-state index in [1.165, 1.54) is 11.3 Å². The lowest BCUT2D eigenvalue weighted by atomic mass is 10.3. The van der Waals surface area contributed by atoms with Gasteiger partial charge in [-0.15, -0.1) is 11.3 Å². The predicted molar refractivity (Wildman–Crippen MR) is 65.7 cm³/mol. The lowest BCUT2D eigenvalue weighted by Crippen LogP contribution is -2.22. The minimum Gasteiger partial charge on any atom is -0.397 e. The summed E-state index contributed by atoms with van der Waals surface area (Å²) in [4.78, 5) is 14.3. The van der Waals surface area contributed by atoms with E-state index in [0.29, 0.717) is 17.1 Å². The van der Waals surface area contributed by atoms with E-state index in [9.17, 15) is 4.79 Å². The summed E-state index contributed by atoms with van der Waals surface area (Å²) in [7, 11) is 1.98. The standard InChI is InChI=1S/C10H17N3OS/c1-4-12-10(14)9-7(11)6-8(15-9)13(3)5-2/h6H,4-5,11H2,1-3H3,(H,12,14). The number of rotatable bonds is 4. The van der Waals surface area contributed by atoms with E-state index < -0.39 is 0 Å². The molecule has 3 N–H and O–H groups in total. The molecule has 1 amide bonds. The van der Waals surface area contributed by atoms with Crippen molar-refractivity contribution in [1.29, 1.82) is 0 Å². The molecule has 0 aliphatic rings. The number of carbonyl (C=O) groups is 1. The molecular formula is C10H17N3OS. The van der Waals surface area contributed by atoms with Crippen molar-refractivity contribution in [3.05, 3.63) is 10.9 Å². The minimum absolute atomic E-state index is 0.0873. The highest BCUT2D eigenvalue weighted by atomic mass is 32.1. The highest BCUT2D eigenvalue weighted by Crippen LogP contribution is 2.31. The number of anilines is 2. The number of nitrogens with two attached hydrogens (primary N) is 1. The van der Waals surface area contributed by atoms with Crippen molar-refractivity contribution >= 4 is 27.9 Å². The average molecular weight is 227 g/mol. The van der Waals surface area contributed by atoms with Gasteiger partial charge in [0.1, 0.15) is 4.88 Å². The average Bonchev–Trinajstić information content (AvgIpc) is 2.59. The maximum absolute atomic E-state index is 11.6. The Bertz CT molecular complexity index is 348. The van der Waals surface area contributed by atoms with Gasteiger partial charge in [0, 0.05) is 20.1 Å². The van der Waals surface area contributed by atoms with Crippen LogP contribution in [0.5, 0.6) is 0 Å². The summed E-state index contributed by atoms with van der Waals surface area (Å²) in [6.45, 7) is 5.46. The van der Waals surface area contributed by atoms with Crippen molar-refractivity contribution < 1.29 is 4.79 Å². The first-order chi connectivity index (χ1) is 7.10. The molecule has 15 heavy (non-hydrogen) atoms. The minimum atomic E-state index is -0.0873. The number of nitrogens with one attached hydrogen (secondary N) is 1. The molecule has 0 aliphatic heterocycles. The fraction of sp³-hybridized carbons (Fsp3) is 0.500. The smallest absolute Gasteiger partial charge is 0.263 e. The van der Waals surface area contributed by atoms with Gasteiger partial charge in [-0.2, -0.15) is 0 Å². The predicted octanol–water partition coefficient (Wildman–Crippen LogP) is 1.54. The van der Waals surface area contributed by atoms with Crippen LogP contribution in [-0.2, 0) is 0 Å². The van der Waals surface area contributed by atoms with Crippen molar-refractivity contribution in [3.8, 4) is 0 Å². The van der Waals surface area contributed by atoms with Crippen LogP contribution in [0.25, 0.3) is 0 Å². The quantitative estimate of drug-likeness (QED) is 0.820. The van der Waals surface area contributed by atoms with Crippen molar-refractivity contribution in [2.45, 2.75) is 13.8 Å². The summed E-state index contributed by atoms with van der Waals surface area (Å²) in [5, 5.41) is 3.77. The molecule has 0 atom stereocenters. The molecule has 5 heteroatoms. The van der Waals surface area contributed by atoms with Gasteiger partial charge in [0.25, 0.3) is 5.91 Å². The van der Waals surface area contributed by atoms with E-state index in [-0.39, 0.29) is 5.91 Å². The van der Waals surface area contributed by atoms with E-state index in [1.807, 2.05) is 20.0 Å². The molecule has 84 valence electrons. The molecule has 1 aromatic rings. The summed E-state index contributed by atoms with van der Waals surface area (Å²) in [6, 6.07) is 1.85. The third-order valence-corrected chi connectivity index (χ3v) is 3.41. The zero-order valence-electron chi connectivity index (χ0n) is 9.33. The molecule has 0 saturated heterocycles. The number of amides is 1. The molecule has 1 aromatic heterocycles. The third kappa shape index (κ3) is 2.62. The van der Waals surface area contributed by atoms with Crippen LogP contribution in [0.2, 0.25) is 0 Å². The number of nitrogen functional groups attached to an aromatic ring is 1. The largest absolute Gasteiger partial charge is 0.397 e. The van der Waals surface area contributed by atoms with Crippen molar-refractivity contribution in [1.82, 2.24) is 5.32 Å². The highest BCUT2D eigenvalue weighted by Gasteiger charge is 2.14. The van der Waals surface area contributed by atoms with Crippen LogP contribution in [0, 0.1) is 0 Å². The van der Waals surface area contributed by atoms with Crippen LogP contribution >= 0.6 is 11.3 Å². The zero-order valence-corrected chi connectivity index (χ0v) is 10.1. The summed E-state index contributed by atoms with van der Waals surface area (Å²) in [6.07, 6.45) is 0. The summed E-state index contributed by atoms with van der Waals surface area (Å²) in [5.74, 6) is -0.0873. The van der Waals surface area contributed by atoms with Gasteiger partial charge in [0.05, 0.1) is 10.7 Å². The van der Waals surface area contributed by atoms with Gasteiger partial charge in [-0.25, -0.2) is 0 Å². The number of nitrogens with zero attached hydrogens (tertiary/aromatic N) is 1. The van der Waals surface area contributed by atoms with Crippen LogP contribution < -0.4 is 16.0 Å². The van der Waals surface area contributed by atoms with E-state index in [0.717, 1.165) is 11.5 Å². The molecule has 0 fully saturated rings. The first-order valence-corrected chi connectivity index (χ1v) is 5.80. The first kappa shape index (κ1) is 11.8. The number of thiophene rings is 1. The summed E-state index contributed by atoms with van der Waals surface area (Å²) in [5.41, 5.74) is 6.34. The van der Waals surface area contributed by atoms with Crippen LogP contribution in [0.3, 0.4) is 0 Å². The van der Waals surface area contributed by atoms with E-state index >= 15 is 0 Å². The topological polar surface area (TPSA) is 58.4 Å². The molecule has 0 unspecified atom stereocenters. The molecule has 4 nitrogen and oxygen atoms in total. The van der Waals surface area contributed by atoms with Gasteiger partial charge in [-0.1, -0.05) is 0 Å². The normalized spacial score (nSPS) is 10.1. The van der Waals surface area contributed by atoms with E-state index in [2.05, 4.69) is 17.1 Å². The lowest BCUT2D eigenvalue weighted by molar-refractivity contribution is 0.0960. The van der Waals surface area contributed by atoms with Crippen LogP contribution in [-0.4, -0.2) is 26.0 Å². The fourth-order valence-electron chi connectivity index (χ4n) is 1.15. The maximum Gasteiger partial charge on any atom is 0.263 e. The Morgan fingerprint density at radius 2 is 2.27 bits per heavy atom. The third-order valence-electron chi connectivity index (χ3n) is 2.14. The summed E-state index contributed by atoms with van der Waals surface area (Å²) < 4.78 is 0. The Hall–Kier alpha value is -1.23. The monoisotopic (exact) mass is 227 g/mol. The Labute approximate surface area is 94.1 Å². The highest BCUT2D eigenvalue weighted by molar-refractivity contribution is 7.18. The van der Waals surface area contributed by atoms with Crippen LogP contribution in [0.4, 0.5) is 10.7 Å². The number of carbonyl (C=O) groups excluding carboxylic acids is 1. The second-order valence-electron chi connectivity index (χ2n) is 3.24. The lowest BCUT2D eigenvalue weighted by Gasteiger charge is -2.12. The molecule has 0 saturated carbocycles. The Morgan fingerprint density at radius 3 is 2.80 bits per heavy atom. The van der Waals surface area contributed by atoms with Crippen molar-refractivity contribution in [2.75, 3.05) is 30.8 Å². The van der Waals surface area contributed by atoms with Gasteiger partial charge in [0.2, 0.25) is 0 Å². The Balaban J connectivity index is 2.90. The van der Waals surface area contributed by atoms with Gasteiger partial charge in [0.15, 0.2) is 0 Å². The van der Waals surface area contributed by atoms with Crippen molar-refractivity contribution in [3.63, 3.8) is 0 Å². The van der Waals surface area contributed by atoms with E-state index in [4.69, 9.17) is 5.73 Å². The molecule has 0 radical (unpaired) electrons. The van der Waals surface area contributed by atoms with Gasteiger partial charge in [-0.05, 0) is 19.9 Å². The number of hydrogen-bond acceptors (Lipinski definition) is 4. The Kier molecular flexibility index (Phi) is 3.96. The first-order valence-electron chi connectivity index (χ1n) is 4.98. The molecule has 0 aliphatic carbocycles. The molecule has 0 spiro atoms. The molecule has 1 rings (SSSR count). The fourth-order valence-corrected chi connectivity index (χ4v) is 2.18. The zero-order chi connectivity index (χ0) is 11.4. The summed E-state index contributed by atoms with van der Waals surface area (Å²) >= 11 is 1.43. The van der Waals surface area contributed by atoms with Gasteiger partial charge >= 0.3 is 0 Å². The van der Waals surface area contributed by atoms with Gasteiger partial charge in [-0.3, -0.25) is 4.79 Å². The maximum atomic E-state index is 11.6. The van der Waals surface area contributed by atoms with Gasteiger partial charge < -0.3 is 16.0 Å². The molecular weight excluding hydrogens is 210 g/mol. The second-order valence-corrected chi connectivity index (χ2v) is 4.27. The molecule has 0 aromatic carbocycles. The second kappa shape index (κ2) is 5.02. The molecule has 1 heterocycles. The van der Waals surface area contributed by atoms with E-state index in [1.54, 1.807) is 0 Å². The van der Waals surface area contributed by atoms with Crippen LogP contribution in [0.15, 0.2) is 6.07 Å². The Morgan fingerprint density at radius 1 is 1.60 bits per heavy atom. The van der Waals surface area contributed by atoms with Crippen LogP contribution in [0.1, 0.15) is 23.5 Å².